The molecule has 0 heterocycles. The molecule has 548 valence electrons. The molecule has 0 radical (unpaired) electrons. The molecule has 0 bridgehead atoms. The third-order valence-corrected chi connectivity index (χ3v) is 18.4. The minimum atomic E-state index is -4.96. The zero-order chi connectivity index (χ0) is 68.7. The van der Waals surface area contributed by atoms with Crippen LogP contribution in [0.25, 0.3) is 0 Å². The number of rotatable bonds is 70. The Hall–Kier alpha value is -2.46. The highest BCUT2D eigenvalue weighted by atomic mass is 31.2. The van der Waals surface area contributed by atoms with E-state index in [-0.39, 0.29) is 25.7 Å². The lowest BCUT2D eigenvalue weighted by Crippen LogP contribution is -2.30. The molecular weight excluding hydrogens is 1220 g/mol. The van der Waals surface area contributed by atoms with Gasteiger partial charge in [-0.2, -0.15) is 0 Å². The zero-order valence-electron chi connectivity index (χ0n) is 60.2. The molecule has 0 aliphatic carbocycles. The van der Waals surface area contributed by atoms with Crippen molar-refractivity contribution in [2.24, 2.45) is 17.8 Å². The Kier molecular flexibility index (Phi) is 62.5. The summed E-state index contributed by atoms with van der Waals surface area (Å²) in [7, 11) is -9.92. The number of aliphatic hydroxyl groups excluding tert-OH is 1. The molecule has 17 nitrogen and oxygen atoms in total. The predicted octanol–water partition coefficient (Wildman–Crippen LogP) is 21.0. The number of ether oxygens (including phenoxy) is 4. The van der Waals surface area contributed by atoms with Crippen LogP contribution in [0.4, 0.5) is 0 Å². The van der Waals surface area contributed by atoms with E-state index >= 15 is 0 Å². The molecule has 0 aromatic heterocycles. The molecule has 0 aliphatic rings. The second-order valence-corrected chi connectivity index (χ2v) is 30.3. The summed E-state index contributed by atoms with van der Waals surface area (Å²) >= 11 is 0. The van der Waals surface area contributed by atoms with Crippen LogP contribution in [0, 0.1) is 17.8 Å². The fraction of sp³-hybridized carbons (Fsp3) is 0.892. The molecule has 19 heteroatoms. The summed E-state index contributed by atoms with van der Waals surface area (Å²) in [6, 6.07) is 0. The van der Waals surface area contributed by atoms with Crippen molar-refractivity contribution in [1.29, 1.82) is 0 Å². The minimum Gasteiger partial charge on any atom is -0.462 e. The van der Waals surface area contributed by atoms with Crippen LogP contribution in [0.1, 0.15) is 350 Å². The average Bonchev–Trinajstić information content (AvgIpc) is 2.45. The smallest absolute Gasteiger partial charge is 0.462 e. The van der Waals surface area contributed by atoms with Gasteiger partial charge in [-0.25, -0.2) is 9.13 Å². The van der Waals surface area contributed by atoms with Gasteiger partial charge in [0.05, 0.1) is 26.4 Å². The summed E-state index contributed by atoms with van der Waals surface area (Å²) in [5.74, 6) is 0.0780. The van der Waals surface area contributed by atoms with E-state index in [2.05, 4.69) is 72.8 Å². The standard InChI is InChI=1S/C74H140O17P2/c1-8-9-10-11-12-13-14-15-16-17-22-27-34-41-48-55-71(76)84-61-69(90-73(78)57-50-43-35-28-23-18-20-25-31-38-45-52-65(2)3)63-88-92(80,81)86-59-68(75)60-87-93(82,83)89-64-70(62-85-72(77)56-49-42-37-30-33-40-47-54-67(6)7)91-74(79)58-51-44-36-29-24-19-21-26-32-39-46-53-66(4)5/h13-16,65-70,75H,8-12,17-64H2,1-7H3,(H,80,81)(H,82,83)/b14-13-,16-15-/t68?,69-,70-/m1/s1. The quantitative estimate of drug-likeness (QED) is 0.0169. The Morgan fingerprint density at radius 3 is 0.871 bits per heavy atom. The van der Waals surface area contributed by atoms with Gasteiger partial charge in [0.2, 0.25) is 0 Å². The Morgan fingerprint density at radius 1 is 0.333 bits per heavy atom. The number of allylic oxidation sites excluding steroid dienone is 4. The first kappa shape index (κ1) is 90.5. The number of aliphatic hydroxyl groups is 1. The molecular formula is C74H140O17P2. The Labute approximate surface area is 567 Å². The lowest BCUT2D eigenvalue weighted by Gasteiger charge is -2.21. The van der Waals surface area contributed by atoms with Crippen molar-refractivity contribution in [3.8, 4) is 0 Å². The summed E-state index contributed by atoms with van der Waals surface area (Å²) in [4.78, 5) is 72.7. The lowest BCUT2D eigenvalue weighted by molar-refractivity contribution is -0.161. The maximum Gasteiger partial charge on any atom is 0.472 e. The van der Waals surface area contributed by atoms with E-state index in [1.165, 1.54) is 135 Å². The highest BCUT2D eigenvalue weighted by Gasteiger charge is 2.30. The van der Waals surface area contributed by atoms with Crippen LogP contribution in [-0.2, 0) is 65.4 Å². The van der Waals surface area contributed by atoms with Gasteiger partial charge in [0.1, 0.15) is 19.3 Å². The number of esters is 4. The molecule has 3 unspecified atom stereocenters. The molecule has 0 amide bonds. The summed E-state index contributed by atoms with van der Waals surface area (Å²) < 4.78 is 68.4. The van der Waals surface area contributed by atoms with E-state index in [0.717, 1.165) is 127 Å². The van der Waals surface area contributed by atoms with Gasteiger partial charge in [-0.1, -0.05) is 297 Å². The van der Waals surface area contributed by atoms with Gasteiger partial charge < -0.3 is 33.8 Å². The van der Waals surface area contributed by atoms with Crippen LogP contribution < -0.4 is 0 Å². The van der Waals surface area contributed by atoms with E-state index in [9.17, 15) is 43.2 Å². The molecule has 0 saturated carbocycles. The van der Waals surface area contributed by atoms with Crippen molar-refractivity contribution >= 4 is 39.5 Å². The van der Waals surface area contributed by atoms with Crippen LogP contribution >= 0.6 is 15.6 Å². The summed E-state index contributed by atoms with van der Waals surface area (Å²) in [6.07, 6.45) is 52.2. The van der Waals surface area contributed by atoms with Crippen molar-refractivity contribution in [3.63, 3.8) is 0 Å². The van der Waals surface area contributed by atoms with Crippen LogP contribution in [-0.4, -0.2) is 96.7 Å². The molecule has 3 N–H and O–H groups in total. The van der Waals surface area contributed by atoms with Crippen molar-refractivity contribution in [2.45, 2.75) is 369 Å². The largest absolute Gasteiger partial charge is 0.472 e. The number of carbonyl (C=O) groups excluding carboxylic acids is 4. The maximum atomic E-state index is 13.1. The third-order valence-electron chi connectivity index (χ3n) is 16.5. The van der Waals surface area contributed by atoms with Gasteiger partial charge in [0.15, 0.2) is 12.2 Å². The van der Waals surface area contributed by atoms with E-state index in [4.69, 9.17) is 37.0 Å². The molecule has 0 saturated heterocycles. The average molecular weight is 1360 g/mol. The first-order valence-corrected chi connectivity index (χ1v) is 40.7. The van der Waals surface area contributed by atoms with Crippen molar-refractivity contribution in [3.05, 3.63) is 24.3 Å². The number of hydrogen-bond acceptors (Lipinski definition) is 15. The minimum absolute atomic E-state index is 0.0991. The Morgan fingerprint density at radius 2 is 0.581 bits per heavy atom. The normalized spacial score (nSPS) is 14.3. The van der Waals surface area contributed by atoms with Crippen LogP contribution in [0.5, 0.6) is 0 Å². The molecule has 5 atom stereocenters. The Bertz CT molecular complexity index is 1910. The van der Waals surface area contributed by atoms with Gasteiger partial charge in [-0.3, -0.25) is 37.3 Å². The van der Waals surface area contributed by atoms with Gasteiger partial charge in [0.25, 0.3) is 0 Å². The second kappa shape index (κ2) is 64.2. The van der Waals surface area contributed by atoms with Crippen molar-refractivity contribution in [1.82, 2.24) is 0 Å². The van der Waals surface area contributed by atoms with E-state index in [1.807, 2.05) is 0 Å². The zero-order valence-corrected chi connectivity index (χ0v) is 62.0. The van der Waals surface area contributed by atoms with Crippen molar-refractivity contribution < 1.29 is 80.2 Å². The van der Waals surface area contributed by atoms with Crippen molar-refractivity contribution in [2.75, 3.05) is 39.6 Å². The molecule has 0 aliphatic heterocycles. The molecule has 0 aromatic rings. The van der Waals surface area contributed by atoms with Crippen LogP contribution in [0.3, 0.4) is 0 Å². The molecule has 93 heavy (non-hydrogen) atoms. The number of hydrogen-bond donors (Lipinski definition) is 3. The monoisotopic (exact) mass is 1360 g/mol. The molecule has 0 fully saturated rings. The second-order valence-electron chi connectivity index (χ2n) is 27.4. The number of carbonyl (C=O) groups is 4. The Balaban J connectivity index is 5.29. The first-order chi connectivity index (χ1) is 44.7. The third kappa shape index (κ3) is 67.9. The number of unbranched alkanes of at least 4 members (excludes halogenated alkanes) is 35. The van der Waals surface area contributed by atoms with Gasteiger partial charge >= 0.3 is 39.5 Å². The topological polar surface area (TPSA) is 237 Å². The van der Waals surface area contributed by atoms with E-state index in [0.29, 0.717) is 31.6 Å². The van der Waals surface area contributed by atoms with Crippen LogP contribution in [0.2, 0.25) is 0 Å². The summed E-state index contributed by atoms with van der Waals surface area (Å²) in [5, 5.41) is 10.6. The highest BCUT2D eigenvalue weighted by molar-refractivity contribution is 7.47. The van der Waals surface area contributed by atoms with Gasteiger partial charge in [-0.05, 0) is 69.1 Å². The fourth-order valence-electron chi connectivity index (χ4n) is 10.7. The predicted molar refractivity (Wildman–Crippen MR) is 377 cm³/mol. The van der Waals surface area contributed by atoms with E-state index < -0.39 is 97.5 Å². The number of phosphoric acid groups is 2. The highest BCUT2D eigenvalue weighted by Crippen LogP contribution is 2.45. The number of phosphoric ester groups is 2. The lowest BCUT2D eigenvalue weighted by atomic mass is 10.0. The molecule has 0 aromatic carbocycles. The van der Waals surface area contributed by atoms with Gasteiger partial charge in [-0.15, -0.1) is 0 Å². The molecule has 0 rings (SSSR count). The molecule has 0 spiro atoms. The SMILES string of the molecule is CCCCCC/C=C\C=C/CCCCCCCC(=O)OC[C@H](COP(=O)(O)OCC(O)COP(=O)(O)OC[C@@H](COC(=O)CCCCCCCCCC(C)C)OC(=O)CCCCCCCCCCCCCC(C)C)OC(=O)CCCCCCCCCCCCCC(C)C. The van der Waals surface area contributed by atoms with Crippen LogP contribution in [0.15, 0.2) is 24.3 Å². The summed E-state index contributed by atoms with van der Waals surface area (Å²) in [6.45, 7) is 11.8. The van der Waals surface area contributed by atoms with E-state index in [1.54, 1.807) is 0 Å². The summed E-state index contributed by atoms with van der Waals surface area (Å²) in [5.41, 5.74) is 0. The maximum absolute atomic E-state index is 13.1. The fourth-order valence-corrected chi connectivity index (χ4v) is 12.3. The van der Waals surface area contributed by atoms with Gasteiger partial charge in [0, 0.05) is 25.7 Å². The first-order valence-electron chi connectivity index (χ1n) is 37.7.